The van der Waals surface area contributed by atoms with Crippen LogP contribution in [0.2, 0.25) is 0 Å². The van der Waals surface area contributed by atoms with E-state index in [1.807, 2.05) is 31.2 Å². The number of nitrogens with one attached hydrogen (secondary N) is 1. The predicted molar refractivity (Wildman–Crippen MR) is 80.1 cm³/mol. The molecule has 5 nitrogen and oxygen atoms in total. The first-order chi connectivity index (χ1) is 10.2. The molecule has 0 unspecified atom stereocenters. The molecule has 0 saturated carbocycles. The van der Waals surface area contributed by atoms with E-state index < -0.39 is 0 Å². The Kier molecular flexibility index (Phi) is 5.11. The monoisotopic (exact) mass is 291 g/mol. The molecule has 0 fully saturated rings. The molecule has 0 radical (unpaired) electrons. The minimum absolute atomic E-state index is 0.0940. The number of benzene rings is 1. The Morgan fingerprint density at radius 1 is 1.10 bits per heavy atom. The van der Waals surface area contributed by atoms with Gasteiger partial charge in [-0.15, -0.1) is 0 Å². The third-order valence-electron chi connectivity index (χ3n) is 3.37. The Hall–Kier alpha value is -2.14. The smallest absolute Gasteiger partial charge is 0.130 e. The number of furan rings is 1. The van der Waals surface area contributed by atoms with Gasteiger partial charge in [-0.05, 0) is 19.1 Å². The summed E-state index contributed by atoms with van der Waals surface area (Å²) in [4.78, 5) is 0. The summed E-state index contributed by atoms with van der Waals surface area (Å²) < 4.78 is 21.5. The fourth-order valence-electron chi connectivity index (χ4n) is 2.15. The first-order valence-corrected chi connectivity index (χ1v) is 6.75. The third kappa shape index (κ3) is 3.49. The van der Waals surface area contributed by atoms with Crippen LogP contribution in [0.15, 0.2) is 34.9 Å². The van der Waals surface area contributed by atoms with E-state index >= 15 is 0 Å². The second kappa shape index (κ2) is 7.04. The Morgan fingerprint density at radius 2 is 1.76 bits per heavy atom. The topological polar surface area (TPSA) is 52.9 Å². The molecule has 21 heavy (non-hydrogen) atoms. The molecule has 0 aliphatic heterocycles. The van der Waals surface area contributed by atoms with Crippen molar-refractivity contribution in [3.05, 3.63) is 41.9 Å². The zero-order valence-electron chi connectivity index (χ0n) is 12.8. The highest BCUT2D eigenvalue weighted by molar-refractivity contribution is 5.50. The second-order valence-corrected chi connectivity index (χ2v) is 4.63. The van der Waals surface area contributed by atoms with Crippen LogP contribution in [0.5, 0.6) is 17.2 Å². The molecule has 0 amide bonds. The normalized spacial score (nSPS) is 12.0. The van der Waals surface area contributed by atoms with Crippen molar-refractivity contribution >= 4 is 0 Å². The van der Waals surface area contributed by atoms with E-state index in [4.69, 9.17) is 18.6 Å². The van der Waals surface area contributed by atoms with Gasteiger partial charge in [0.1, 0.15) is 23.0 Å². The number of rotatable bonds is 7. The highest BCUT2D eigenvalue weighted by Crippen LogP contribution is 2.34. The van der Waals surface area contributed by atoms with E-state index in [1.165, 1.54) is 0 Å². The summed E-state index contributed by atoms with van der Waals surface area (Å²) in [6.07, 6.45) is 1.67. The lowest BCUT2D eigenvalue weighted by atomic mass is 10.1. The van der Waals surface area contributed by atoms with Gasteiger partial charge in [0, 0.05) is 18.7 Å². The van der Waals surface area contributed by atoms with Crippen LogP contribution in [0.25, 0.3) is 0 Å². The lowest BCUT2D eigenvalue weighted by Crippen LogP contribution is -2.18. The second-order valence-electron chi connectivity index (χ2n) is 4.63. The quantitative estimate of drug-likeness (QED) is 0.849. The van der Waals surface area contributed by atoms with Crippen molar-refractivity contribution in [2.24, 2.45) is 0 Å². The molecular formula is C16H21NO4. The number of ether oxygens (including phenoxy) is 3. The van der Waals surface area contributed by atoms with Gasteiger partial charge in [0.05, 0.1) is 39.2 Å². The van der Waals surface area contributed by atoms with Crippen LogP contribution in [0.3, 0.4) is 0 Å². The van der Waals surface area contributed by atoms with Gasteiger partial charge in [-0.25, -0.2) is 0 Å². The van der Waals surface area contributed by atoms with Crippen molar-refractivity contribution in [2.75, 3.05) is 21.3 Å². The Labute approximate surface area is 124 Å². The number of methoxy groups -OCH3 is 3. The molecule has 1 atom stereocenters. The van der Waals surface area contributed by atoms with Crippen LogP contribution >= 0.6 is 0 Å². The first-order valence-electron chi connectivity index (χ1n) is 6.75. The molecule has 114 valence electrons. The molecule has 0 saturated heterocycles. The van der Waals surface area contributed by atoms with Gasteiger partial charge in [-0.1, -0.05) is 0 Å². The van der Waals surface area contributed by atoms with Crippen molar-refractivity contribution in [3.8, 4) is 17.2 Å². The van der Waals surface area contributed by atoms with Crippen molar-refractivity contribution in [2.45, 2.75) is 19.5 Å². The lowest BCUT2D eigenvalue weighted by molar-refractivity contribution is 0.362. The van der Waals surface area contributed by atoms with Gasteiger partial charge < -0.3 is 23.9 Å². The zero-order chi connectivity index (χ0) is 15.2. The summed E-state index contributed by atoms with van der Waals surface area (Å²) in [5.74, 6) is 3.05. The predicted octanol–water partition coefficient (Wildman–Crippen LogP) is 3.16. The Bertz CT molecular complexity index is 541. The van der Waals surface area contributed by atoms with Crippen LogP contribution in [0.1, 0.15) is 24.3 Å². The van der Waals surface area contributed by atoms with Crippen LogP contribution in [-0.4, -0.2) is 21.3 Å². The molecule has 1 aromatic carbocycles. The first kappa shape index (κ1) is 15.3. The van der Waals surface area contributed by atoms with E-state index in [1.54, 1.807) is 27.6 Å². The summed E-state index contributed by atoms with van der Waals surface area (Å²) in [7, 11) is 4.88. The summed E-state index contributed by atoms with van der Waals surface area (Å²) >= 11 is 0. The maximum Gasteiger partial charge on any atom is 0.130 e. The summed E-state index contributed by atoms with van der Waals surface area (Å²) in [6.45, 7) is 2.64. The molecular weight excluding hydrogens is 270 g/mol. The van der Waals surface area contributed by atoms with Gasteiger partial charge in [-0.2, -0.15) is 0 Å². The van der Waals surface area contributed by atoms with E-state index in [2.05, 4.69) is 5.32 Å². The van der Waals surface area contributed by atoms with Crippen molar-refractivity contribution < 1.29 is 18.6 Å². The zero-order valence-corrected chi connectivity index (χ0v) is 12.8. The Morgan fingerprint density at radius 3 is 2.24 bits per heavy atom. The molecule has 5 heteroatoms. The van der Waals surface area contributed by atoms with Gasteiger partial charge in [0.15, 0.2) is 0 Å². The van der Waals surface area contributed by atoms with Crippen LogP contribution in [0, 0.1) is 0 Å². The molecule has 1 aromatic heterocycles. The molecule has 2 aromatic rings. The maximum atomic E-state index is 5.43. The Balaban J connectivity index is 2.18. The average Bonchev–Trinajstić information content (AvgIpc) is 3.06. The van der Waals surface area contributed by atoms with Crippen molar-refractivity contribution in [3.63, 3.8) is 0 Å². The SMILES string of the molecule is COc1cc(OC)c(CN[C@H](C)c2ccco2)c(OC)c1. The van der Waals surface area contributed by atoms with E-state index in [0.717, 1.165) is 22.8 Å². The van der Waals surface area contributed by atoms with Gasteiger partial charge in [0.25, 0.3) is 0 Å². The summed E-state index contributed by atoms with van der Waals surface area (Å²) in [5, 5.41) is 3.39. The van der Waals surface area contributed by atoms with E-state index in [-0.39, 0.29) is 6.04 Å². The highest BCUT2D eigenvalue weighted by atomic mass is 16.5. The molecule has 0 bridgehead atoms. The fraction of sp³-hybridized carbons (Fsp3) is 0.375. The van der Waals surface area contributed by atoms with Gasteiger partial charge >= 0.3 is 0 Å². The molecule has 0 spiro atoms. The largest absolute Gasteiger partial charge is 0.496 e. The molecule has 1 N–H and O–H groups in total. The van der Waals surface area contributed by atoms with Crippen molar-refractivity contribution in [1.29, 1.82) is 0 Å². The molecule has 2 rings (SSSR count). The highest BCUT2D eigenvalue weighted by Gasteiger charge is 2.15. The molecule has 0 aliphatic rings. The maximum absolute atomic E-state index is 5.43. The van der Waals surface area contributed by atoms with Gasteiger partial charge in [0.2, 0.25) is 0 Å². The summed E-state index contributed by atoms with van der Waals surface area (Å²) in [5.41, 5.74) is 0.944. The minimum atomic E-state index is 0.0940. The van der Waals surface area contributed by atoms with Gasteiger partial charge in [-0.3, -0.25) is 0 Å². The number of hydrogen-bond acceptors (Lipinski definition) is 5. The molecule has 0 aliphatic carbocycles. The van der Waals surface area contributed by atoms with E-state index in [9.17, 15) is 0 Å². The minimum Gasteiger partial charge on any atom is -0.496 e. The van der Waals surface area contributed by atoms with Crippen LogP contribution < -0.4 is 19.5 Å². The summed E-state index contributed by atoms with van der Waals surface area (Å²) in [6, 6.07) is 7.60. The lowest BCUT2D eigenvalue weighted by Gasteiger charge is -2.17. The van der Waals surface area contributed by atoms with Crippen LogP contribution in [0.4, 0.5) is 0 Å². The number of hydrogen-bond donors (Lipinski definition) is 1. The fourth-order valence-corrected chi connectivity index (χ4v) is 2.15. The van der Waals surface area contributed by atoms with E-state index in [0.29, 0.717) is 12.3 Å². The van der Waals surface area contributed by atoms with Crippen molar-refractivity contribution in [1.82, 2.24) is 5.32 Å². The standard InChI is InChI=1S/C16H21NO4/c1-11(14-6-5-7-21-14)17-10-13-15(19-3)8-12(18-2)9-16(13)20-4/h5-9,11,17H,10H2,1-4H3/t11-/m1/s1. The third-order valence-corrected chi connectivity index (χ3v) is 3.37. The van der Waals surface area contributed by atoms with Crippen LogP contribution in [-0.2, 0) is 6.54 Å². The molecule has 1 heterocycles. The average molecular weight is 291 g/mol.